The number of amides is 2. The summed E-state index contributed by atoms with van der Waals surface area (Å²) < 4.78 is 5.70. The van der Waals surface area contributed by atoms with Crippen LogP contribution in [0, 0.1) is 0 Å². The first-order valence-electron chi connectivity index (χ1n) is 7.58. The van der Waals surface area contributed by atoms with Gasteiger partial charge in [-0.05, 0) is 36.4 Å². The van der Waals surface area contributed by atoms with Gasteiger partial charge in [0.25, 0.3) is 5.91 Å². The van der Waals surface area contributed by atoms with E-state index in [1.54, 1.807) is 41.8 Å². The third kappa shape index (κ3) is 4.59. The molecule has 2 amide bonds. The number of rotatable bonds is 5. The largest absolute Gasteiger partial charge is 0.456 e. The zero-order valence-corrected chi connectivity index (χ0v) is 15.2. The molecule has 0 saturated heterocycles. The lowest BCUT2D eigenvalue weighted by Gasteiger charge is -2.08. The minimum absolute atomic E-state index is 0.232. The van der Waals surface area contributed by atoms with Crippen LogP contribution >= 0.6 is 22.9 Å². The molecule has 2 aromatic carbocycles. The van der Waals surface area contributed by atoms with Crippen LogP contribution in [-0.2, 0) is 4.79 Å². The molecule has 0 aliphatic heterocycles. The maximum atomic E-state index is 12.2. The molecule has 2 N–H and O–H groups in total. The highest BCUT2D eigenvalue weighted by Crippen LogP contribution is 2.29. The summed E-state index contributed by atoms with van der Waals surface area (Å²) in [6.07, 6.45) is 0. The quantitative estimate of drug-likeness (QED) is 0.659. The molecule has 0 aliphatic carbocycles. The summed E-state index contributed by atoms with van der Waals surface area (Å²) in [5.41, 5.74) is 0.825. The molecule has 6 nitrogen and oxygen atoms in total. The van der Waals surface area contributed by atoms with Crippen LogP contribution < -0.4 is 15.4 Å². The molecule has 0 aliphatic rings. The number of aromatic nitrogens is 1. The van der Waals surface area contributed by atoms with Gasteiger partial charge in [-0.15, -0.1) is 11.3 Å². The highest BCUT2D eigenvalue weighted by molar-refractivity contribution is 7.14. The van der Waals surface area contributed by atoms with Crippen molar-refractivity contribution in [2.24, 2.45) is 0 Å². The average Bonchev–Trinajstić information content (AvgIpc) is 3.06. The van der Waals surface area contributed by atoms with Gasteiger partial charge in [0.15, 0.2) is 5.13 Å². The zero-order valence-electron chi connectivity index (χ0n) is 13.7. The van der Waals surface area contributed by atoms with Crippen LogP contribution in [0.1, 0.15) is 17.4 Å². The zero-order chi connectivity index (χ0) is 18.5. The van der Waals surface area contributed by atoms with Crippen LogP contribution in [0.25, 0.3) is 0 Å². The van der Waals surface area contributed by atoms with Crippen molar-refractivity contribution in [3.05, 3.63) is 64.6 Å². The number of nitrogens with one attached hydrogen (secondary N) is 2. The average molecular weight is 388 g/mol. The molecule has 0 radical (unpaired) electrons. The summed E-state index contributed by atoms with van der Waals surface area (Å²) in [6.45, 7) is 1.38. The van der Waals surface area contributed by atoms with E-state index >= 15 is 0 Å². The van der Waals surface area contributed by atoms with E-state index in [-0.39, 0.29) is 17.5 Å². The Hall–Kier alpha value is -2.90. The smallest absolute Gasteiger partial charge is 0.275 e. The molecule has 0 saturated carbocycles. The number of halogens is 1. The van der Waals surface area contributed by atoms with Gasteiger partial charge in [0.1, 0.15) is 17.2 Å². The van der Waals surface area contributed by atoms with E-state index in [1.807, 2.05) is 12.1 Å². The maximum absolute atomic E-state index is 12.2. The molecule has 132 valence electrons. The van der Waals surface area contributed by atoms with Crippen LogP contribution in [0.5, 0.6) is 11.5 Å². The van der Waals surface area contributed by atoms with Gasteiger partial charge in [0.2, 0.25) is 5.91 Å². The number of carbonyl (C=O) groups excluding carboxylic acids is 2. The molecule has 0 spiro atoms. The molecule has 1 heterocycles. The van der Waals surface area contributed by atoms with Crippen LogP contribution in [0.3, 0.4) is 0 Å². The SMILES string of the molecule is CC(=O)Nc1nc(C(=O)Nc2ccc(Oc3ccccc3Cl)cc2)cs1. The van der Waals surface area contributed by atoms with Crippen LogP contribution in [0.4, 0.5) is 10.8 Å². The third-order valence-electron chi connectivity index (χ3n) is 3.20. The normalized spacial score (nSPS) is 10.2. The lowest BCUT2D eigenvalue weighted by molar-refractivity contribution is -0.114. The predicted molar refractivity (Wildman–Crippen MR) is 102 cm³/mol. The van der Waals surface area contributed by atoms with Gasteiger partial charge in [-0.25, -0.2) is 4.98 Å². The lowest BCUT2D eigenvalue weighted by Crippen LogP contribution is -2.13. The van der Waals surface area contributed by atoms with E-state index in [4.69, 9.17) is 16.3 Å². The van der Waals surface area contributed by atoms with Gasteiger partial charge in [0.05, 0.1) is 5.02 Å². The summed E-state index contributed by atoms with van der Waals surface area (Å²) in [4.78, 5) is 27.3. The Kier molecular flexibility index (Phi) is 5.50. The predicted octanol–water partition coefficient (Wildman–Crippen LogP) is 4.80. The Morgan fingerprint density at radius 2 is 1.81 bits per heavy atom. The van der Waals surface area contributed by atoms with E-state index in [9.17, 15) is 9.59 Å². The van der Waals surface area contributed by atoms with Crippen molar-refractivity contribution < 1.29 is 14.3 Å². The van der Waals surface area contributed by atoms with Crippen molar-refractivity contribution in [3.63, 3.8) is 0 Å². The van der Waals surface area contributed by atoms with Crippen molar-refractivity contribution in [2.75, 3.05) is 10.6 Å². The molecular formula is C18H14ClN3O3S. The standard InChI is InChI=1S/C18H14ClN3O3S/c1-11(23)20-18-22-15(10-26-18)17(24)21-12-6-8-13(9-7-12)25-16-5-3-2-4-14(16)19/h2-10H,1H3,(H,21,24)(H,20,22,23). The first-order chi connectivity index (χ1) is 12.5. The van der Waals surface area contributed by atoms with Gasteiger partial charge < -0.3 is 15.4 Å². The molecule has 3 rings (SSSR count). The van der Waals surface area contributed by atoms with Crippen molar-refractivity contribution in [1.29, 1.82) is 0 Å². The Labute approximate surface area is 158 Å². The van der Waals surface area contributed by atoms with Gasteiger partial charge in [-0.3, -0.25) is 9.59 Å². The van der Waals surface area contributed by atoms with Crippen LogP contribution in [0.15, 0.2) is 53.9 Å². The molecule has 8 heteroatoms. The first-order valence-corrected chi connectivity index (χ1v) is 8.84. The second kappa shape index (κ2) is 7.99. The lowest BCUT2D eigenvalue weighted by atomic mass is 10.3. The molecular weight excluding hydrogens is 374 g/mol. The number of nitrogens with zero attached hydrogens (tertiary/aromatic N) is 1. The number of ether oxygens (including phenoxy) is 1. The van der Waals surface area contributed by atoms with Crippen molar-refractivity contribution in [2.45, 2.75) is 6.92 Å². The van der Waals surface area contributed by atoms with Crippen LogP contribution in [0.2, 0.25) is 5.02 Å². The fourth-order valence-electron chi connectivity index (χ4n) is 2.04. The monoisotopic (exact) mass is 387 g/mol. The first kappa shape index (κ1) is 17.9. The van der Waals surface area contributed by atoms with Crippen LogP contribution in [-0.4, -0.2) is 16.8 Å². The summed E-state index contributed by atoms with van der Waals surface area (Å²) in [7, 11) is 0. The van der Waals surface area contributed by atoms with E-state index in [1.165, 1.54) is 18.3 Å². The second-order valence-electron chi connectivity index (χ2n) is 5.23. The molecule has 1 aromatic heterocycles. The number of thiazole rings is 1. The summed E-state index contributed by atoms with van der Waals surface area (Å²) in [6, 6.07) is 14.0. The fraction of sp³-hybridized carbons (Fsp3) is 0.0556. The highest BCUT2D eigenvalue weighted by atomic mass is 35.5. The molecule has 26 heavy (non-hydrogen) atoms. The Morgan fingerprint density at radius 1 is 1.08 bits per heavy atom. The third-order valence-corrected chi connectivity index (χ3v) is 4.27. The number of benzene rings is 2. The van der Waals surface area contributed by atoms with E-state index < -0.39 is 0 Å². The summed E-state index contributed by atoms with van der Waals surface area (Å²) in [5.74, 6) is 0.551. The Bertz CT molecular complexity index is 941. The van der Waals surface area contributed by atoms with Gasteiger partial charge >= 0.3 is 0 Å². The number of anilines is 2. The topological polar surface area (TPSA) is 80.3 Å². The minimum atomic E-state index is -0.363. The summed E-state index contributed by atoms with van der Waals surface area (Å²) in [5, 5.41) is 7.76. The maximum Gasteiger partial charge on any atom is 0.275 e. The van der Waals surface area contributed by atoms with Gasteiger partial charge in [-0.1, -0.05) is 23.7 Å². The second-order valence-corrected chi connectivity index (χ2v) is 6.50. The fourth-order valence-corrected chi connectivity index (χ4v) is 2.95. The number of hydrogen-bond acceptors (Lipinski definition) is 5. The Balaban J connectivity index is 1.63. The number of carbonyl (C=O) groups is 2. The molecule has 0 bridgehead atoms. The van der Waals surface area contributed by atoms with E-state index in [2.05, 4.69) is 15.6 Å². The summed E-state index contributed by atoms with van der Waals surface area (Å²) >= 11 is 7.25. The van der Waals surface area contributed by atoms with Crippen molar-refractivity contribution in [3.8, 4) is 11.5 Å². The van der Waals surface area contributed by atoms with Crippen molar-refractivity contribution >= 4 is 45.6 Å². The molecule has 0 fully saturated rings. The highest BCUT2D eigenvalue weighted by Gasteiger charge is 2.12. The Morgan fingerprint density at radius 3 is 2.50 bits per heavy atom. The minimum Gasteiger partial charge on any atom is -0.456 e. The van der Waals surface area contributed by atoms with Gasteiger partial charge in [-0.2, -0.15) is 0 Å². The molecule has 0 atom stereocenters. The van der Waals surface area contributed by atoms with Gasteiger partial charge in [0, 0.05) is 18.0 Å². The molecule has 0 unspecified atom stereocenters. The molecule has 3 aromatic rings. The van der Waals surface area contributed by atoms with Crippen molar-refractivity contribution in [1.82, 2.24) is 4.98 Å². The number of para-hydroxylation sites is 1. The van der Waals surface area contributed by atoms with E-state index in [0.29, 0.717) is 27.3 Å². The number of hydrogen-bond donors (Lipinski definition) is 2. The van der Waals surface area contributed by atoms with E-state index in [0.717, 1.165) is 0 Å².